The van der Waals surface area contributed by atoms with Crippen LogP contribution >= 0.6 is 11.6 Å². The number of carboxylic acids is 1. The Morgan fingerprint density at radius 3 is 2.71 bits per heavy atom. The third kappa shape index (κ3) is 4.83. The lowest BCUT2D eigenvalue weighted by Crippen LogP contribution is -2.15. The van der Waals surface area contributed by atoms with Crippen molar-refractivity contribution in [3.8, 4) is 17.2 Å². The van der Waals surface area contributed by atoms with Crippen molar-refractivity contribution in [2.24, 2.45) is 0 Å². The summed E-state index contributed by atoms with van der Waals surface area (Å²) < 4.78 is 20.1. The van der Waals surface area contributed by atoms with E-state index in [0.717, 1.165) is 22.5 Å². The maximum absolute atomic E-state index is 11.0. The number of aliphatic carboxylic acids is 1. The molecular weight excluding hydrogens is 514 g/mol. The molecule has 0 amide bonds. The second-order valence-electron chi connectivity index (χ2n) is 8.69. The summed E-state index contributed by atoms with van der Waals surface area (Å²) in [5, 5.41) is 31.7. The number of methoxy groups -OCH3 is 2. The lowest BCUT2D eigenvalue weighted by Gasteiger charge is -2.25. The lowest BCUT2D eigenvalue weighted by atomic mass is 9.98. The molecule has 0 fully saturated rings. The Hall–Kier alpha value is -3.93. The van der Waals surface area contributed by atoms with Crippen molar-refractivity contribution < 1.29 is 29.2 Å². The number of aliphatic hydroxyl groups is 1. The number of tetrazole rings is 1. The van der Waals surface area contributed by atoms with Crippen LogP contribution in [0.2, 0.25) is 5.02 Å². The van der Waals surface area contributed by atoms with Crippen LogP contribution in [0.15, 0.2) is 48.5 Å². The monoisotopic (exact) mass is 539 g/mol. The summed E-state index contributed by atoms with van der Waals surface area (Å²) in [5.41, 5.74) is 3.88. The van der Waals surface area contributed by atoms with Gasteiger partial charge < -0.3 is 29.0 Å². The first kappa shape index (κ1) is 25.7. The van der Waals surface area contributed by atoms with Gasteiger partial charge in [-0.05, 0) is 41.6 Å². The number of aromatic nitrogens is 5. The van der Waals surface area contributed by atoms with Crippen molar-refractivity contribution in [2.45, 2.75) is 38.2 Å². The van der Waals surface area contributed by atoms with Crippen molar-refractivity contribution >= 4 is 17.6 Å². The Bertz CT molecular complexity index is 1470. The average Bonchev–Trinajstić information content (AvgIpc) is 3.51. The number of aliphatic hydroxyl groups excluding tert-OH is 1. The molecule has 4 aromatic rings. The van der Waals surface area contributed by atoms with Crippen molar-refractivity contribution in [3.63, 3.8) is 0 Å². The van der Waals surface area contributed by atoms with Crippen LogP contribution in [-0.4, -0.2) is 55.2 Å². The number of ether oxygens (including phenoxy) is 3. The molecule has 38 heavy (non-hydrogen) atoms. The predicted molar refractivity (Wildman–Crippen MR) is 136 cm³/mol. The van der Waals surface area contributed by atoms with Crippen LogP contribution in [0.3, 0.4) is 0 Å². The summed E-state index contributed by atoms with van der Waals surface area (Å²) in [7, 11) is 3.15. The van der Waals surface area contributed by atoms with Gasteiger partial charge in [-0.1, -0.05) is 23.7 Å². The number of halogens is 1. The second kappa shape index (κ2) is 10.8. The second-order valence-corrected chi connectivity index (χ2v) is 9.13. The number of benzene rings is 2. The fourth-order valence-electron chi connectivity index (χ4n) is 4.80. The summed E-state index contributed by atoms with van der Waals surface area (Å²) in [6.07, 6.45) is -0.952. The number of carbonyl (C=O) groups is 1. The smallest absolute Gasteiger partial charge is 0.311 e. The van der Waals surface area contributed by atoms with Gasteiger partial charge in [0.1, 0.15) is 18.6 Å². The summed E-state index contributed by atoms with van der Waals surface area (Å²) in [4.78, 5) is 12.4. The minimum atomic E-state index is -1.03. The van der Waals surface area contributed by atoms with Crippen LogP contribution in [0.1, 0.15) is 47.0 Å². The highest BCUT2D eigenvalue weighted by Gasteiger charge is 2.34. The van der Waals surface area contributed by atoms with Crippen LogP contribution < -0.4 is 9.47 Å². The summed E-state index contributed by atoms with van der Waals surface area (Å²) in [6.45, 7) is 0.140. The van der Waals surface area contributed by atoms with E-state index in [9.17, 15) is 9.90 Å². The first-order valence-corrected chi connectivity index (χ1v) is 12.3. The molecule has 0 aliphatic carbocycles. The van der Waals surface area contributed by atoms with Gasteiger partial charge in [-0.3, -0.25) is 4.79 Å². The van der Waals surface area contributed by atoms with Crippen molar-refractivity contribution in [1.29, 1.82) is 0 Å². The Morgan fingerprint density at radius 2 is 1.97 bits per heavy atom. The Kier molecular flexibility index (Phi) is 7.32. The first-order chi connectivity index (χ1) is 18.4. The van der Waals surface area contributed by atoms with Crippen LogP contribution in [0.25, 0.3) is 5.69 Å². The average molecular weight is 540 g/mol. The van der Waals surface area contributed by atoms with Gasteiger partial charge in [0, 0.05) is 28.3 Å². The largest absolute Gasteiger partial charge is 0.493 e. The highest BCUT2D eigenvalue weighted by molar-refractivity contribution is 6.30. The fraction of sp³-hybridized carbons (Fsp3) is 0.308. The van der Waals surface area contributed by atoms with Crippen molar-refractivity contribution in [2.75, 3.05) is 14.2 Å². The van der Waals surface area contributed by atoms with E-state index < -0.39 is 18.2 Å². The Labute approximate surface area is 223 Å². The van der Waals surface area contributed by atoms with E-state index in [0.29, 0.717) is 35.2 Å². The molecule has 2 atom stereocenters. The number of rotatable bonds is 9. The van der Waals surface area contributed by atoms with Crippen LogP contribution in [0.5, 0.6) is 11.5 Å². The van der Waals surface area contributed by atoms with Gasteiger partial charge in [0.15, 0.2) is 17.3 Å². The molecule has 3 heterocycles. The van der Waals surface area contributed by atoms with Crippen molar-refractivity contribution in [1.82, 2.24) is 24.8 Å². The van der Waals surface area contributed by atoms with E-state index in [1.807, 2.05) is 47.0 Å². The molecule has 0 radical (unpaired) electrons. The number of nitrogens with zero attached hydrogens (tertiary/aromatic N) is 5. The number of carboxylic acid groups (broad SMARTS) is 1. The third-order valence-corrected chi connectivity index (χ3v) is 6.64. The first-order valence-electron chi connectivity index (χ1n) is 11.9. The molecule has 2 N–H and O–H groups in total. The van der Waals surface area contributed by atoms with Crippen molar-refractivity contribution in [3.05, 3.63) is 81.9 Å². The van der Waals surface area contributed by atoms with E-state index in [4.69, 9.17) is 30.9 Å². The minimum Gasteiger partial charge on any atom is -0.493 e. The minimum absolute atomic E-state index is 0.131. The number of aryl methyl sites for hydroxylation is 1. The number of para-hydroxylation sites is 1. The summed E-state index contributed by atoms with van der Waals surface area (Å²) in [5.74, 6) is 0.199. The lowest BCUT2D eigenvalue weighted by molar-refractivity contribution is -0.136. The molecule has 2 aromatic heterocycles. The Morgan fingerprint density at radius 1 is 1.13 bits per heavy atom. The SMILES string of the molecule is COc1cccc([C@H]2O[C@H](CCn3nnc(CC(=O)O)n3)c3ccc(CO)n3-c3ccc(Cl)cc32)c1OC. The molecule has 0 saturated heterocycles. The zero-order chi connectivity index (χ0) is 26.8. The molecule has 2 aromatic carbocycles. The molecule has 1 aliphatic rings. The molecule has 198 valence electrons. The van der Waals surface area contributed by atoms with E-state index in [-0.39, 0.29) is 18.9 Å². The maximum atomic E-state index is 11.0. The van der Waals surface area contributed by atoms with Gasteiger partial charge in [0.05, 0.1) is 38.8 Å². The zero-order valence-electron chi connectivity index (χ0n) is 20.7. The predicted octanol–water partition coefficient (Wildman–Crippen LogP) is 3.50. The standard InChI is InChI=1S/C26H26ClN5O6/c1-36-22-5-3-4-17(26(22)37-2)25-18-12-15(27)6-8-19(18)32-16(14-33)7-9-20(32)21(38-25)10-11-31-29-23(28-30-31)13-24(34)35/h3-9,12,21,25,33H,10-11,13-14H2,1-2H3,(H,34,35)/t21-,25-/m1/s1. The Balaban J connectivity index is 1.60. The summed E-state index contributed by atoms with van der Waals surface area (Å²) in [6, 6.07) is 14.9. The maximum Gasteiger partial charge on any atom is 0.311 e. The zero-order valence-corrected chi connectivity index (χ0v) is 21.5. The van der Waals surface area contributed by atoms with Gasteiger partial charge in [0.2, 0.25) is 0 Å². The number of hydrogen-bond acceptors (Lipinski definition) is 8. The van der Waals surface area contributed by atoms with Gasteiger partial charge in [-0.2, -0.15) is 4.80 Å². The topological polar surface area (TPSA) is 134 Å². The highest BCUT2D eigenvalue weighted by atomic mass is 35.5. The molecule has 0 bridgehead atoms. The fourth-order valence-corrected chi connectivity index (χ4v) is 4.98. The van der Waals surface area contributed by atoms with Crippen LogP contribution in [-0.2, 0) is 29.1 Å². The summed E-state index contributed by atoms with van der Waals surface area (Å²) >= 11 is 6.47. The van der Waals surface area contributed by atoms with Gasteiger partial charge in [0.25, 0.3) is 0 Å². The van der Waals surface area contributed by atoms with Gasteiger partial charge in [-0.15, -0.1) is 10.2 Å². The molecule has 0 unspecified atom stereocenters. The molecule has 0 saturated carbocycles. The van der Waals surface area contributed by atoms with Gasteiger partial charge >= 0.3 is 5.97 Å². The third-order valence-electron chi connectivity index (χ3n) is 6.41. The highest BCUT2D eigenvalue weighted by Crippen LogP contribution is 2.47. The van der Waals surface area contributed by atoms with E-state index in [1.54, 1.807) is 20.3 Å². The molecular formula is C26H26ClN5O6. The van der Waals surface area contributed by atoms with Gasteiger partial charge in [-0.25, -0.2) is 0 Å². The molecule has 11 nitrogen and oxygen atoms in total. The molecule has 1 aliphatic heterocycles. The van der Waals surface area contributed by atoms with Crippen LogP contribution in [0, 0.1) is 0 Å². The molecule has 5 rings (SSSR count). The molecule has 0 spiro atoms. The molecule has 12 heteroatoms. The normalized spacial score (nSPS) is 16.4. The quantitative estimate of drug-likeness (QED) is 0.327. The van der Waals surface area contributed by atoms with E-state index in [2.05, 4.69) is 15.4 Å². The van der Waals surface area contributed by atoms with Crippen LogP contribution in [0.4, 0.5) is 0 Å². The van der Waals surface area contributed by atoms with E-state index in [1.165, 1.54) is 4.80 Å². The van der Waals surface area contributed by atoms with E-state index >= 15 is 0 Å². The number of hydrogen-bond donors (Lipinski definition) is 2. The number of fused-ring (bicyclic) bond motifs is 3.